The molecule has 0 radical (unpaired) electrons. The number of benzene rings is 2. The summed E-state index contributed by atoms with van der Waals surface area (Å²) < 4.78 is 45.7. The third-order valence-corrected chi connectivity index (χ3v) is 6.84. The molecule has 1 fully saturated rings. The van der Waals surface area contributed by atoms with Crippen LogP contribution in [0.2, 0.25) is 0 Å². The van der Waals surface area contributed by atoms with Gasteiger partial charge in [0.05, 0.1) is 12.0 Å². The van der Waals surface area contributed by atoms with Crippen LogP contribution in [0.4, 0.5) is 4.39 Å². The number of hydrogen-bond donors (Lipinski definition) is 0. The lowest BCUT2D eigenvalue weighted by atomic mass is 10.1. The van der Waals surface area contributed by atoms with E-state index in [-0.39, 0.29) is 4.90 Å². The lowest BCUT2D eigenvalue weighted by molar-refractivity contribution is 0.190. The van der Waals surface area contributed by atoms with Gasteiger partial charge in [-0.05, 0) is 54.8 Å². The molecule has 3 rings (SSSR count). The van der Waals surface area contributed by atoms with Crippen molar-refractivity contribution in [1.29, 1.82) is 0 Å². The number of piperazine rings is 1. The quantitative estimate of drug-likeness (QED) is 0.759. The zero-order chi connectivity index (χ0) is 19.4. The molecule has 0 atom stereocenters. The fourth-order valence-electron chi connectivity index (χ4n) is 3.24. The highest BCUT2D eigenvalue weighted by atomic mass is 32.2. The number of sulfonamides is 1. The normalized spacial score (nSPS) is 16.4. The summed E-state index contributed by atoms with van der Waals surface area (Å²) in [6, 6.07) is 11.9. The third-order valence-electron chi connectivity index (χ3n) is 4.95. The predicted molar refractivity (Wildman–Crippen MR) is 103 cm³/mol. The Morgan fingerprint density at radius 1 is 1.07 bits per heavy atom. The second-order valence-electron chi connectivity index (χ2n) is 6.76. The molecule has 0 unspecified atom stereocenters. The van der Waals surface area contributed by atoms with Crippen molar-refractivity contribution < 1.29 is 17.5 Å². The Morgan fingerprint density at radius 2 is 1.81 bits per heavy atom. The van der Waals surface area contributed by atoms with Crippen molar-refractivity contribution in [3.63, 3.8) is 0 Å². The Hall–Kier alpha value is -1.96. The van der Waals surface area contributed by atoms with E-state index in [4.69, 9.17) is 4.74 Å². The lowest BCUT2D eigenvalue weighted by Crippen LogP contribution is -2.49. The standard InChI is InChI=1S/C20H25FN2O3S/c1-16-14-19(6-7-20(16)21)27(24,25)23-12-10-22(11-13-23)9-8-17-4-3-5-18(15-17)26-2/h3-7,14-15H,8-13H2,1-2H3. The molecule has 5 nitrogen and oxygen atoms in total. The molecule has 2 aromatic rings. The monoisotopic (exact) mass is 392 g/mol. The predicted octanol–water partition coefficient (Wildman–Crippen LogP) is 2.69. The fourth-order valence-corrected chi connectivity index (χ4v) is 4.74. The van der Waals surface area contributed by atoms with Gasteiger partial charge in [-0.3, -0.25) is 0 Å². The molecule has 2 aromatic carbocycles. The fraction of sp³-hybridized carbons (Fsp3) is 0.400. The van der Waals surface area contributed by atoms with Crippen molar-refractivity contribution in [3.8, 4) is 5.75 Å². The van der Waals surface area contributed by atoms with Crippen molar-refractivity contribution in [2.75, 3.05) is 39.8 Å². The average Bonchev–Trinajstić information content (AvgIpc) is 2.69. The van der Waals surface area contributed by atoms with Crippen LogP contribution in [0.1, 0.15) is 11.1 Å². The number of aryl methyl sites for hydroxylation is 1. The first-order valence-electron chi connectivity index (χ1n) is 9.02. The molecule has 1 aliphatic rings. The summed E-state index contributed by atoms with van der Waals surface area (Å²) in [5, 5.41) is 0. The van der Waals surface area contributed by atoms with Crippen LogP contribution in [0.3, 0.4) is 0 Å². The smallest absolute Gasteiger partial charge is 0.243 e. The van der Waals surface area contributed by atoms with Gasteiger partial charge in [0.25, 0.3) is 0 Å². The lowest BCUT2D eigenvalue weighted by Gasteiger charge is -2.34. The van der Waals surface area contributed by atoms with Gasteiger partial charge in [-0.2, -0.15) is 4.31 Å². The van der Waals surface area contributed by atoms with E-state index < -0.39 is 15.8 Å². The molecule has 0 spiro atoms. The van der Waals surface area contributed by atoms with Crippen LogP contribution >= 0.6 is 0 Å². The molecule has 0 aromatic heterocycles. The molecule has 0 amide bonds. The number of halogens is 1. The SMILES string of the molecule is COc1cccc(CCN2CCN(S(=O)(=O)c3ccc(F)c(C)c3)CC2)c1. The van der Waals surface area contributed by atoms with Crippen LogP contribution in [0.15, 0.2) is 47.4 Å². The molecule has 7 heteroatoms. The van der Waals surface area contributed by atoms with E-state index in [1.54, 1.807) is 14.0 Å². The Kier molecular flexibility index (Phi) is 6.14. The molecule has 1 aliphatic heterocycles. The van der Waals surface area contributed by atoms with Crippen molar-refractivity contribution in [2.24, 2.45) is 0 Å². The van der Waals surface area contributed by atoms with E-state index in [2.05, 4.69) is 11.0 Å². The summed E-state index contributed by atoms with van der Waals surface area (Å²) in [6.45, 7) is 4.70. The zero-order valence-corrected chi connectivity index (χ0v) is 16.5. The minimum absolute atomic E-state index is 0.159. The largest absolute Gasteiger partial charge is 0.497 e. The third kappa shape index (κ3) is 4.66. The Labute approximate surface area is 160 Å². The highest BCUT2D eigenvalue weighted by Crippen LogP contribution is 2.20. The van der Waals surface area contributed by atoms with E-state index >= 15 is 0 Å². The molecule has 146 valence electrons. The van der Waals surface area contributed by atoms with Gasteiger partial charge in [-0.15, -0.1) is 0 Å². The summed E-state index contributed by atoms with van der Waals surface area (Å²) >= 11 is 0. The van der Waals surface area contributed by atoms with Crippen molar-refractivity contribution in [3.05, 3.63) is 59.4 Å². The zero-order valence-electron chi connectivity index (χ0n) is 15.7. The van der Waals surface area contributed by atoms with E-state index in [0.29, 0.717) is 31.7 Å². The first kappa shape index (κ1) is 19.8. The Morgan fingerprint density at radius 3 is 2.48 bits per heavy atom. The maximum atomic E-state index is 13.4. The Balaban J connectivity index is 1.57. The molecule has 0 N–H and O–H groups in total. The molecular weight excluding hydrogens is 367 g/mol. The van der Waals surface area contributed by atoms with E-state index in [1.807, 2.05) is 18.2 Å². The topological polar surface area (TPSA) is 49.9 Å². The van der Waals surface area contributed by atoms with E-state index in [9.17, 15) is 12.8 Å². The van der Waals surface area contributed by atoms with Crippen molar-refractivity contribution in [1.82, 2.24) is 9.21 Å². The van der Waals surface area contributed by atoms with Gasteiger partial charge in [0, 0.05) is 32.7 Å². The van der Waals surface area contributed by atoms with Gasteiger partial charge in [0.1, 0.15) is 11.6 Å². The molecule has 0 saturated carbocycles. The maximum absolute atomic E-state index is 13.4. The van der Waals surface area contributed by atoms with Gasteiger partial charge in [-0.1, -0.05) is 12.1 Å². The van der Waals surface area contributed by atoms with Gasteiger partial charge in [0.2, 0.25) is 10.0 Å². The number of hydrogen-bond acceptors (Lipinski definition) is 4. The van der Waals surface area contributed by atoms with E-state index in [1.165, 1.54) is 28.1 Å². The first-order chi connectivity index (χ1) is 12.9. The van der Waals surface area contributed by atoms with Crippen LogP contribution in [0, 0.1) is 12.7 Å². The molecule has 1 saturated heterocycles. The van der Waals surface area contributed by atoms with Crippen LogP contribution in [0.5, 0.6) is 5.75 Å². The van der Waals surface area contributed by atoms with Gasteiger partial charge in [-0.25, -0.2) is 12.8 Å². The van der Waals surface area contributed by atoms with Gasteiger partial charge in [0.15, 0.2) is 0 Å². The summed E-state index contributed by atoms with van der Waals surface area (Å²) in [4.78, 5) is 2.42. The average molecular weight is 392 g/mol. The highest BCUT2D eigenvalue weighted by molar-refractivity contribution is 7.89. The first-order valence-corrected chi connectivity index (χ1v) is 10.5. The summed E-state index contributed by atoms with van der Waals surface area (Å²) in [5.41, 5.74) is 1.54. The molecule has 0 aliphatic carbocycles. The maximum Gasteiger partial charge on any atom is 0.243 e. The minimum atomic E-state index is -3.58. The van der Waals surface area contributed by atoms with Gasteiger partial charge >= 0.3 is 0 Å². The summed E-state index contributed by atoms with van der Waals surface area (Å²) in [7, 11) is -1.92. The van der Waals surface area contributed by atoms with Crippen LogP contribution < -0.4 is 4.74 Å². The highest BCUT2D eigenvalue weighted by Gasteiger charge is 2.28. The second-order valence-corrected chi connectivity index (χ2v) is 8.70. The number of nitrogens with zero attached hydrogens (tertiary/aromatic N) is 2. The van der Waals surface area contributed by atoms with Crippen molar-refractivity contribution in [2.45, 2.75) is 18.2 Å². The Bertz CT molecular complexity index is 894. The second kappa shape index (κ2) is 8.37. The van der Waals surface area contributed by atoms with Crippen LogP contribution in [-0.4, -0.2) is 57.5 Å². The molecular formula is C20H25FN2O3S. The van der Waals surface area contributed by atoms with Crippen LogP contribution in [0.25, 0.3) is 0 Å². The van der Waals surface area contributed by atoms with Crippen molar-refractivity contribution >= 4 is 10.0 Å². The number of ether oxygens (including phenoxy) is 1. The molecule has 27 heavy (non-hydrogen) atoms. The van der Waals surface area contributed by atoms with Crippen LogP contribution in [-0.2, 0) is 16.4 Å². The van der Waals surface area contributed by atoms with Gasteiger partial charge < -0.3 is 9.64 Å². The number of rotatable bonds is 6. The molecule has 0 bridgehead atoms. The van der Waals surface area contributed by atoms with E-state index in [0.717, 1.165) is 18.7 Å². The number of methoxy groups -OCH3 is 1. The minimum Gasteiger partial charge on any atom is -0.497 e. The summed E-state index contributed by atoms with van der Waals surface area (Å²) in [6.07, 6.45) is 0.890. The molecule has 1 heterocycles. The summed E-state index contributed by atoms with van der Waals surface area (Å²) in [5.74, 6) is 0.453.